The highest BCUT2D eigenvalue weighted by atomic mass is 15.2. The number of likely N-dealkylation sites (N-methyl/N-ethyl adjacent to an activating group) is 1. The molecule has 1 saturated heterocycles. The summed E-state index contributed by atoms with van der Waals surface area (Å²) in [7, 11) is 2.03. The SMILES string of the molecule is CCCCc1cc(N2CCC[C@@H](NC)C2)nc(Nc2ccc(C)c(C#N)c2)n1. The number of hydrogen-bond donors (Lipinski definition) is 2. The molecule has 0 aliphatic carbocycles. The van der Waals surface area contributed by atoms with Crippen LogP contribution >= 0.6 is 0 Å². The second kappa shape index (κ2) is 9.52. The maximum atomic E-state index is 9.29. The Morgan fingerprint density at radius 2 is 2.14 bits per heavy atom. The van der Waals surface area contributed by atoms with Crippen molar-refractivity contribution in [3.63, 3.8) is 0 Å². The molecule has 2 aromatic rings. The zero-order valence-electron chi connectivity index (χ0n) is 17.1. The van der Waals surface area contributed by atoms with Crippen LogP contribution in [0.5, 0.6) is 0 Å². The van der Waals surface area contributed by atoms with Gasteiger partial charge in [0.15, 0.2) is 0 Å². The fourth-order valence-electron chi connectivity index (χ4n) is 3.56. The van der Waals surface area contributed by atoms with Crippen molar-refractivity contribution in [1.82, 2.24) is 15.3 Å². The average molecular weight is 379 g/mol. The topological polar surface area (TPSA) is 76.9 Å². The van der Waals surface area contributed by atoms with Crippen LogP contribution in [0, 0.1) is 18.3 Å². The number of aromatic nitrogens is 2. The number of piperidine rings is 1. The van der Waals surface area contributed by atoms with Crippen LogP contribution in [0.25, 0.3) is 0 Å². The van der Waals surface area contributed by atoms with Crippen molar-refractivity contribution in [2.45, 2.75) is 52.0 Å². The van der Waals surface area contributed by atoms with E-state index in [9.17, 15) is 5.26 Å². The van der Waals surface area contributed by atoms with Crippen LogP contribution in [-0.2, 0) is 6.42 Å². The summed E-state index contributed by atoms with van der Waals surface area (Å²) in [6.07, 6.45) is 5.55. The van der Waals surface area contributed by atoms with Gasteiger partial charge in [0.25, 0.3) is 0 Å². The monoisotopic (exact) mass is 378 g/mol. The van der Waals surface area contributed by atoms with Gasteiger partial charge in [0.05, 0.1) is 11.6 Å². The van der Waals surface area contributed by atoms with Crippen LogP contribution in [-0.4, -0.2) is 36.1 Å². The predicted molar refractivity (Wildman–Crippen MR) is 114 cm³/mol. The Balaban J connectivity index is 1.88. The second-order valence-corrected chi connectivity index (χ2v) is 7.48. The molecule has 148 valence electrons. The van der Waals surface area contributed by atoms with E-state index in [-0.39, 0.29) is 0 Å². The van der Waals surface area contributed by atoms with Gasteiger partial charge in [0, 0.05) is 36.6 Å². The predicted octanol–water partition coefficient (Wildman–Crippen LogP) is 3.93. The summed E-state index contributed by atoms with van der Waals surface area (Å²) in [5, 5.41) is 16.0. The standard InChI is InChI=1S/C22H30N6/c1-4-5-7-18-13-21(28-11-6-8-20(15-28)24-3)27-22(25-18)26-19-10-9-16(2)17(12-19)14-23/h9-10,12-13,20,24H,4-8,11,15H2,1-3H3,(H,25,26,27)/t20-/m1/s1. The number of anilines is 3. The molecule has 0 spiro atoms. The fourth-order valence-corrected chi connectivity index (χ4v) is 3.56. The van der Waals surface area contributed by atoms with Crippen LogP contribution < -0.4 is 15.5 Å². The number of benzene rings is 1. The molecular weight excluding hydrogens is 348 g/mol. The Bertz CT molecular complexity index is 841. The van der Waals surface area contributed by atoms with E-state index in [0.29, 0.717) is 17.6 Å². The molecule has 0 unspecified atom stereocenters. The fraction of sp³-hybridized carbons (Fsp3) is 0.500. The van der Waals surface area contributed by atoms with Gasteiger partial charge in [-0.15, -0.1) is 0 Å². The van der Waals surface area contributed by atoms with Crippen molar-refractivity contribution >= 4 is 17.5 Å². The molecule has 1 aliphatic rings. The van der Waals surface area contributed by atoms with Crippen LogP contribution in [0.2, 0.25) is 0 Å². The molecule has 0 saturated carbocycles. The lowest BCUT2D eigenvalue weighted by atomic mass is 10.1. The van der Waals surface area contributed by atoms with Gasteiger partial charge in [-0.2, -0.15) is 10.2 Å². The molecule has 0 bridgehead atoms. The molecule has 1 aromatic heterocycles. The van der Waals surface area contributed by atoms with E-state index in [0.717, 1.165) is 61.5 Å². The highest BCUT2D eigenvalue weighted by molar-refractivity contribution is 5.59. The molecule has 1 aromatic carbocycles. The van der Waals surface area contributed by atoms with E-state index in [4.69, 9.17) is 9.97 Å². The number of unbranched alkanes of at least 4 members (excludes halogenated alkanes) is 1. The Kier molecular flexibility index (Phi) is 6.83. The second-order valence-electron chi connectivity index (χ2n) is 7.48. The summed E-state index contributed by atoms with van der Waals surface area (Å²) in [5.74, 6) is 1.58. The normalized spacial score (nSPS) is 16.6. The van der Waals surface area contributed by atoms with Gasteiger partial charge < -0.3 is 15.5 Å². The number of aryl methyl sites for hydroxylation is 2. The summed E-state index contributed by atoms with van der Waals surface area (Å²) >= 11 is 0. The Morgan fingerprint density at radius 1 is 1.29 bits per heavy atom. The zero-order chi connectivity index (χ0) is 19.9. The minimum absolute atomic E-state index is 0.495. The Labute approximate surface area is 168 Å². The lowest BCUT2D eigenvalue weighted by Crippen LogP contribution is -2.44. The smallest absolute Gasteiger partial charge is 0.229 e. The highest BCUT2D eigenvalue weighted by Crippen LogP contribution is 2.23. The third-order valence-corrected chi connectivity index (χ3v) is 5.32. The van der Waals surface area contributed by atoms with Crippen molar-refractivity contribution < 1.29 is 0 Å². The Hall–Kier alpha value is -2.65. The van der Waals surface area contributed by atoms with E-state index in [1.54, 1.807) is 0 Å². The van der Waals surface area contributed by atoms with Gasteiger partial charge in [-0.1, -0.05) is 19.4 Å². The molecule has 3 rings (SSSR count). The molecule has 6 nitrogen and oxygen atoms in total. The molecule has 1 atom stereocenters. The van der Waals surface area contributed by atoms with Crippen LogP contribution in [0.15, 0.2) is 24.3 Å². The molecule has 0 radical (unpaired) electrons. The molecule has 0 amide bonds. The first kappa shape index (κ1) is 20.1. The summed E-state index contributed by atoms with van der Waals surface area (Å²) in [5.41, 5.74) is 3.54. The summed E-state index contributed by atoms with van der Waals surface area (Å²) in [6, 6.07) is 10.6. The van der Waals surface area contributed by atoms with E-state index in [2.05, 4.69) is 34.6 Å². The largest absolute Gasteiger partial charge is 0.355 e. The van der Waals surface area contributed by atoms with Gasteiger partial charge in [0.1, 0.15) is 5.82 Å². The molecule has 1 aliphatic heterocycles. The lowest BCUT2D eigenvalue weighted by molar-refractivity contribution is 0.447. The number of rotatable bonds is 7. The maximum absolute atomic E-state index is 9.29. The number of nitrogens with zero attached hydrogens (tertiary/aromatic N) is 4. The first-order valence-corrected chi connectivity index (χ1v) is 10.2. The molecule has 2 heterocycles. The van der Waals surface area contributed by atoms with Crippen LogP contribution in [0.3, 0.4) is 0 Å². The lowest BCUT2D eigenvalue weighted by Gasteiger charge is -2.33. The van der Waals surface area contributed by atoms with Crippen molar-refractivity contribution in [3.8, 4) is 6.07 Å². The first-order valence-electron chi connectivity index (χ1n) is 10.2. The molecule has 1 fully saturated rings. The molecular formula is C22H30N6. The van der Waals surface area contributed by atoms with Crippen molar-refractivity contribution in [1.29, 1.82) is 5.26 Å². The summed E-state index contributed by atoms with van der Waals surface area (Å²) in [4.78, 5) is 11.9. The van der Waals surface area contributed by atoms with E-state index in [1.807, 2.05) is 32.2 Å². The third kappa shape index (κ3) is 4.99. The molecule has 6 heteroatoms. The maximum Gasteiger partial charge on any atom is 0.229 e. The zero-order valence-corrected chi connectivity index (χ0v) is 17.1. The molecule has 2 N–H and O–H groups in total. The van der Waals surface area contributed by atoms with Gasteiger partial charge >= 0.3 is 0 Å². The summed E-state index contributed by atoms with van der Waals surface area (Å²) in [6.45, 7) is 6.12. The minimum atomic E-state index is 0.495. The first-order chi connectivity index (χ1) is 13.6. The van der Waals surface area contributed by atoms with Gasteiger partial charge in [-0.25, -0.2) is 4.98 Å². The number of nitriles is 1. The average Bonchev–Trinajstić information content (AvgIpc) is 2.73. The van der Waals surface area contributed by atoms with Crippen molar-refractivity contribution in [2.75, 3.05) is 30.4 Å². The van der Waals surface area contributed by atoms with E-state index in [1.165, 1.54) is 6.42 Å². The van der Waals surface area contributed by atoms with Crippen molar-refractivity contribution in [3.05, 3.63) is 41.1 Å². The van der Waals surface area contributed by atoms with E-state index < -0.39 is 0 Å². The molecule has 28 heavy (non-hydrogen) atoms. The van der Waals surface area contributed by atoms with Crippen LogP contribution in [0.4, 0.5) is 17.5 Å². The van der Waals surface area contributed by atoms with E-state index >= 15 is 0 Å². The quantitative estimate of drug-likeness (QED) is 0.760. The minimum Gasteiger partial charge on any atom is -0.355 e. The van der Waals surface area contributed by atoms with Crippen molar-refractivity contribution in [2.24, 2.45) is 0 Å². The van der Waals surface area contributed by atoms with Gasteiger partial charge in [-0.3, -0.25) is 0 Å². The Morgan fingerprint density at radius 3 is 2.89 bits per heavy atom. The number of nitrogens with one attached hydrogen (secondary N) is 2. The van der Waals surface area contributed by atoms with Crippen LogP contribution in [0.1, 0.15) is 49.4 Å². The summed E-state index contributed by atoms with van der Waals surface area (Å²) < 4.78 is 0. The highest BCUT2D eigenvalue weighted by Gasteiger charge is 2.20. The third-order valence-electron chi connectivity index (χ3n) is 5.32. The van der Waals surface area contributed by atoms with Gasteiger partial charge in [-0.05, 0) is 57.4 Å². The number of hydrogen-bond acceptors (Lipinski definition) is 6. The van der Waals surface area contributed by atoms with Gasteiger partial charge in [0.2, 0.25) is 5.95 Å².